The third-order valence-corrected chi connectivity index (χ3v) is 3.45. The van der Waals surface area contributed by atoms with Crippen molar-refractivity contribution in [1.82, 2.24) is 4.90 Å². The quantitative estimate of drug-likeness (QED) is 0.593. The summed E-state index contributed by atoms with van der Waals surface area (Å²) in [4.78, 5) is 18.8. The van der Waals surface area contributed by atoms with Crippen molar-refractivity contribution in [3.8, 4) is 0 Å². The summed E-state index contributed by atoms with van der Waals surface area (Å²) in [5.41, 5.74) is 1.50. The molecule has 17 heavy (non-hydrogen) atoms. The molecular formula is C13H14N2OS. The first-order valence-corrected chi connectivity index (χ1v) is 6.53. The lowest BCUT2D eigenvalue weighted by atomic mass is 10.2. The van der Waals surface area contributed by atoms with Crippen LogP contribution in [-0.2, 0) is 4.79 Å². The second-order valence-electron chi connectivity index (χ2n) is 3.83. The molecule has 2 rings (SSSR count). The van der Waals surface area contributed by atoms with Crippen LogP contribution in [0.1, 0.15) is 12.5 Å². The van der Waals surface area contributed by atoms with Crippen molar-refractivity contribution in [3.05, 3.63) is 35.5 Å². The number of hydrogen-bond acceptors (Lipinski definition) is 3. The number of carbonyl (C=O) groups excluding carboxylic acids is 1. The van der Waals surface area contributed by atoms with E-state index < -0.39 is 0 Å². The zero-order chi connectivity index (χ0) is 12.4. The van der Waals surface area contributed by atoms with Crippen molar-refractivity contribution >= 4 is 29.6 Å². The Bertz CT molecular complexity index is 503. The summed E-state index contributed by atoms with van der Waals surface area (Å²) in [7, 11) is 1.73. The minimum Gasteiger partial charge on any atom is -0.298 e. The molecule has 1 amide bonds. The van der Waals surface area contributed by atoms with E-state index in [9.17, 15) is 4.79 Å². The molecule has 0 unspecified atom stereocenters. The molecule has 1 aliphatic rings. The molecule has 0 N–H and O–H groups in total. The number of hydrogen-bond donors (Lipinski definition) is 0. The molecule has 0 aliphatic carbocycles. The first-order chi connectivity index (χ1) is 8.11. The molecule has 0 bridgehead atoms. The maximum atomic E-state index is 11.8. The molecule has 0 radical (unpaired) electrons. The number of rotatable bonds is 2. The Morgan fingerprint density at radius 2 is 1.94 bits per heavy atom. The van der Waals surface area contributed by atoms with E-state index in [0.717, 1.165) is 11.4 Å². The van der Waals surface area contributed by atoms with Crippen LogP contribution in [0.3, 0.4) is 0 Å². The number of nitrogens with zero attached hydrogens (tertiary/aromatic N) is 2. The van der Waals surface area contributed by atoms with Crippen LogP contribution in [0.5, 0.6) is 0 Å². The van der Waals surface area contributed by atoms with Gasteiger partial charge in [-0.25, -0.2) is 4.99 Å². The number of thioether (sulfide) groups is 1. The average molecular weight is 246 g/mol. The third-order valence-electron chi connectivity index (χ3n) is 2.71. The van der Waals surface area contributed by atoms with Crippen molar-refractivity contribution in [1.29, 1.82) is 0 Å². The molecule has 1 aromatic carbocycles. The van der Waals surface area contributed by atoms with Gasteiger partial charge in [0.1, 0.15) is 11.5 Å². The van der Waals surface area contributed by atoms with E-state index in [0.29, 0.717) is 5.70 Å². The number of aliphatic imine (C=N–C) groups is 1. The highest BCUT2D eigenvalue weighted by Gasteiger charge is 2.23. The van der Waals surface area contributed by atoms with Gasteiger partial charge in [0.15, 0.2) is 0 Å². The molecule has 1 aromatic rings. The van der Waals surface area contributed by atoms with Gasteiger partial charge in [0.05, 0.1) is 0 Å². The normalized spacial score (nSPS) is 17.8. The lowest BCUT2D eigenvalue weighted by Gasteiger charge is -2.06. The van der Waals surface area contributed by atoms with Crippen LogP contribution in [0.2, 0.25) is 0 Å². The Kier molecular flexibility index (Phi) is 3.33. The maximum Gasteiger partial charge on any atom is 0.277 e. The fourth-order valence-electron chi connectivity index (χ4n) is 1.57. The molecule has 88 valence electrons. The topological polar surface area (TPSA) is 32.7 Å². The van der Waals surface area contributed by atoms with Crippen LogP contribution in [0.4, 0.5) is 0 Å². The summed E-state index contributed by atoms with van der Waals surface area (Å²) in [6.07, 6.45) is 3.86. The van der Waals surface area contributed by atoms with Gasteiger partial charge in [0, 0.05) is 11.9 Å². The zero-order valence-electron chi connectivity index (χ0n) is 10.1. The Morgan fingerprint density at radius 1 is 1.29 bits per heavy atom. The highest BCUT2D eigenvalue weighted by atomic mass is 32.2. The van der Waals surface area contributed by atoms with E-state index in [4.69, 9.17) is 0 Å². The minimum absolute atomic E-state index is 0.0450. The first kappa shape index (κ1) is 11.9. The SMILES string of the molecule is CSc1ccc(C=C2N=C(C)N(C)C2=O)cc1. The van der Waals surface area contributed by atoms with Crippen LogP contribution in [0.25, 0.3) is 6.08 Å². The van der Waals surface area contributed by atoms with E-state index in [-0.39, 0.29) is 5.91 Å². The zero-order valence-corrected chi connectivity index (χ0v) is 10.9. The van der Waals surface area contributed by atoms with Crippen molar-refractivity contribution in [2.75, 3.05) is 13.3 Å². The van der Waals surface area contributed by atoms with Gasteiger partial charge in [-0.15, -0.1) is 11.8 Å². The van der Waals surface area contributed by atoms with E-state index >= 15 is 0 Å². The summed E-state index contributed by atoms with van der Waals surface area (Å²) in [5, 5.41) is 0. The molecule has 4 heteroatoms. The van der Waals surface area contributed by atoms with Gasteiger partial charge in [0.2, 0.25) is 0 Å². The van der Waals surface area contributed by atoms with Gasteiger partial charge in [0.25, 0.3) is 5.91 Å². The van der Waals surface area contributed by atoms with Crippen molar-refractivity contribution < 1.29 is 4.79 Å². The van der Waals surface area contributed by atoms with Gasteiger partial charge in [-0.1, -0.05) is 12.1 Å². The summed E-state index contributed by atoms with van der Waals surface area (Å²) in [5.74, 6) is 0.693. The van der Waals surface area contributed by atoms with Crippen LogP contribution in [0, 0.1) is 0 Å². The fraction of sp³-hybridized carbons (Fsp3) is 0.231. The molecule has 0 spiro atoms. The molecule has 0 saturated heterocycles. The van der Waals surface area contributed by atoms with Crippen LogP contribution >= 0.6 is 11.8 Å². The number of likely N-dealkylation sites (N-methyl/N-ethyl adjacent to an activating group) is 1. The highest BCUT2D eigenvalue weighted by molar-refractivity contribution is 7.98. The smallest absolute Gasteiger partial charge is 0.277 e. The Balaban J connectivity index is 2.28. The lowest BCUT2D eigenvalue weighted by molar-refractivity contribution is -0.121. The van der Waals surface area contributed by atoms with E-state index in [1.54, 1.807) is 23.7 Å². The van der Waals surface area contributed by atoms with E-state index in [2.05, 4.69) is 4.99 Å². The van der Waals surface area contributed by atoms with Crippen molar-refractivity contribution in [3.63, 3.8) is 0 Å². The molecule has 0 saturated carbocycles. The van der Waals surface area contributed by atoms with Crippen molar-refractivity contribution in [2.24, 2.45) is 4.99 Å². The molecule has 3 nitrogen and oxygen atoms in total. The molecular weight excluding hydrogens is 232 g/mol. The molecule has 0 atom stereocenters. The molecule has 0 fully saturated rings. The fourth-order valence-corrected chi connectivity index (χ4v) is 1.98. The Hall–Kier alpha value is -1.55. The monoisotopic (exact) mass is 246 g/mol. The maximum absolute atomic E-state index is 11.8. The van der Waals surface area contributed by atoms with Gasteiger partial charge in [-0.05, 0) is 37.0 Å². The standard InChI is InChI=1S/C13H14N2OS/c1-9-14-12(13(16)15(9)2)8-10-4-6-11(17-3)7-5-10/h4-8H,1-3H3. The predicted molar refractivity (Wildman–Crippen MR) is 72.1 cm³/mol. The summed E-state index contributed by atoms with van der Waals surface area (Å²) in [6.45, 7) is 1.83. The molecule has 1 aliphatic heterocycles. The van der Waals surface area contributed by atoms with Gasteiger partial charge >= 0.3 is 0 Å². The summed E-state index contributed by atoms with van der Waals surface area (Å²) in [6, 6.07) is 8.07. The average Bonchev–Trinajstić information content (AvgIpc) is 2.58. The van der Waals surface area contributed by atoms with Crippen LogP contribution in [0.15, 0.2) is 39.9 Å². The number of benzene rings is 1. The largest absolute Gasteiger partial charge is 0.298 e. The van der Waals surface area contributed by atoms with Crippen LogP contribution < -0.4 is 0 Å². The van der Waals surface area contributed by atoms with Gasteiger partial charge in [-0.2, -0.15) is 0 Å². The Labute approximate surface area is 105 Å². The third kappa shape index (κ3) is 2.42. The Morgan fingerprint density at radius 3 is 2.41 bits per heavy atom. The summed E-state index contributed by atoms with van der Waals surface area (Å²) < 4.78 is 0. The van der Waals surface area contributed by atoms with Gasteiger partial charge in [-0.3, -0.25) is 9.69 Å². The second kappa shape index (κ2) is 4.75. The first-order valence-electron chi connectivity index (χ1n) is 5.31. The highest BCUT2D eigenvalue weighted by Crippen LogP contribution is 2.19. The molecule has 1 heterocycles. The number of carbonyl (C=O) groups is 1. The van der Waals surface area contributed by atoms with Crippen molar-refractivity contribution in [2.45, 2.75) is 11.8 Å². The van der Waals surface area contributed by atoms with Crippen LogP contribution in [-0.4, -0.2) is 29.9 Å². The second-order valence-corrected chi connectivity index (χ2v) is 4.71. The van der Waals surface area contributed by atoms with E-state index in [1.165, 1.54) is 4.90 Å². The van der Waals surface area contributed by atoms with E-state index in [1.807, 2.05) is 43.5 Å². The number of amides is 1. The molecule has 0 aromatic heterocycles. The van der Waals surface area contributed by atoms with Gasteiger partial charge < -0.3 is 0 Å². The predicted octanol–water partition coefficient (Wildman–Crippen LogP) is 2.64. The number of amidine groups is 1. The summed E-state index contributed by atoms with van der Waals surface area (Å²) >= 11 is 1.70. The minimum atomic E-state index is -0.0450. The lowest BCUT2D eigenvalue weighted by Crippen LogP contribution is -2.25.